The summed E-state index contributed by atoms with van der Waals surface area (Å²) in [5.41, 5.74) is 6.48. The van der Waals surface area contributed by atoms with E-state index in [1.807, 2.05) is 60.1 Å². The van der Waals surface area contributed by atoms with E-state index in [4.69, 9.17) is 50.0 Å². The first kappa shape index (κ1) is 26.9. The Labute approximate surface area is 240 Å². The Morgan fingerprint density at radius 2 is 1.69 bits per heavy atom. The van der Waals surface area contributed by atoms with Crippen molar-refractivity contribution in [1.82, 2.24) is 15.1 Å². The lowest BCUT2D eigenvalue weighted by Crippen LogP contribution is -2.26. The number of nitrogens with one attached hydrogen (secondary N) is 1. The maximum atomic E-state index is 12.4. The number of hydrogen-bond donors (Lipinski definition) is 2. The molecule has 0 radical (unpaired) electrons. The Kier molecular flexibility index (Phi) is 7.75. The third-order valence-electron chi connectivity index (χ3n) is 6.49. The number of carbonyl (C=O) groups excluding carboxylic acids is 1. The van der Waals surface area contributed by atoms with Crippen LogP contribution in [0.3, 0.4) is 0 Å². The zero-order chi connectivity index (χ0) is 27.7. The number of nitrogens with zero attached hydrogens (tertiary/aromatic N) is 3. The maximum absolute atomic E-state index is 12.4. The van der Waals surface area contributed by atoms with Crippen molar-refractivity contribution in [3.63, 3.8) is 0 Å². The minimum absolute atomic E-state index is 0.0645. The number of hydrogen-bond acceptors (Lipinski definition) is 4. The summed E-state index contributed by atoms with van der Waals surface area (Å²) in [4.78, 5) is 28.0. The van der Waals surface area contributed by atoms with Gasteiger partial charge in [-0.05, 0) is 72.6 Å². The van der Waals surface area contributed by atoms with E-state index in [1.54, 1.807) is 18.2 Å². The molecular formula is C29H23Cl3N4O3. The second-order valence-corrected chi connectivity index (χ2v) is 10.5. The van der Waals surface area contributed by atoms with Crippen LogP contribution in [-0.4, -0.2) is 39.0 Å². The molecule has 1 amide bonds. The standard InChI is InChI=1S/C29H23Cl3N4O3/c1-16(17-2-4-18(5-3-17)29(39)33-9-8-28(37)38)36-27(26-13-20-10-21(30)6-7-24(20)34-26)15-25(35-36)19-11-22(31)14-23(32)12-19/h2-7,10-12,14-16H,8-9,13H2,1H3,(H,33,39)(H,37,38). The van der Waals surface area contributed by atoms with E-state index in [2.05, 4.69) is 5.32 Å². The monoisotopic (exact) mass is 580 g/mol. The summed E-state index contributed by atoms with van der Waals surface area (Å²) in [5.74, 6) is -1.29. The lowest BCUT2D eigenvalue weighted by molar-refractivity contribution is -0.136. The van der Waals surface area contributed by atoms with Crippen LogP contribution in [0.25, 0.3) is 11.3 Å². The Bertz CT molecular complexity index is 1590. The number of aliphatic carboxylic acids is 1. The van der Waals surface area contributed by atoms with Crippen LogP contribution in [0.4, 0.5) is 5.69 Å². The Morgan fingerprint density at radius 1 is 0.974 bits per heavy atom. The van der Waals surface area contributed by atoms with Gasteiger partial charge in [0.25, 0.3) is 5.91 Å². The van der Waals surface area contributed by atoms with Gasteiger partial charge in [0.05, 0.1) is 35.2 Å². The van der Waals surface area contributed by atoms with E-state index in [0.29, 0.717) is 32.7 Å². The number of amides is 1. The second-order valence-electron chi connectivity index (χ2n) is 9.22. The molecule has 0 spiro atoms. The fourth-order valence-corrected chi connectivity index (χ4v) is 5.23. The Balaban J connectivity index is 1.48. The highest BCUT2D eigenvalue weighted by Crippen LogP contribution is 2.34. The number of rotatable bonds is 8. The zero-order valence-electron chi connectivity index (χ0n) is 20.8. The van der Waals surface area contributed by atoms with E-state index in [0.717, 1.165) is 33.8 Å². The third-order valence-corrected chi connectivity index (χ3v) is 7.16. The smallest absolute Gasteiger partial charge is 0.305 e. The van der Waals surface area contributed by atoms with Crippen LogP contribution >= 0.6 is 34.8 Å². The molecule has 10 heteroatoms. The number of benzene rings is 3. The molecule has 1 atom stereocenters. The molecule has 1 aliphatic rings. The fraction of sp³-hybridized carbons (Fsp3) is 0.172. The molecule has 3 aromatic carbocycles. The van der Waals surface area contributed by atoms with E-state index >= 15 is 0 Å². The highest BCUT2D eigenvalue weighted by Gasteiger charge is 2.24. The molecule has 5 rings (SSSR count). The quantitative estimate of drug-likeness (QED) is 0.234. The first-order chi connectivity index (χ1) is 18.7. The lowest BCUT2D eigenvalue weighted by Gasteiger charge is -2.17. The summed E-state index contributed by atoms with van der Waals surface area (Å²) in [5, 5.41) is 18.0. The Hall–Kier alpha value is -3.65. The second kappa shape index (κ2) is 11.2. The first-order valence-corrected chi connectivity index (χ1v) is 13.3. The summed E-state index contributed by atoms with van der Waals surface area (Å²) in [6, 6.07) is 19.9. The molecule has 1 aliphatic heterocycles. The third kappa shape index (κ3) is 6.01. The molecule has 1 aromatic heterocycles. The largest absolute Gasteiger partial charge is 0.481 e. The van der Waals surface area contributed by atoms with E-state index in [-0.39, 0.29) is 24.9 Å². The van der Waals surface area contributed by atoms with Crippen LogP contribution in [0.5, 0.6) is 0 Å². The number of aliphatic imine (C=N–C) groups is 1. The van der Waals surface area contributed by atoms with Crippen molar-refractivity contribution in [3.8, 4) is 11.3 Å². The van der Waals surface area contributed by atoms with Gasteiger partial charge >= 0.3 is 5.97 Å². The van der Waals surface area contributed by atoms with Crippen molar-refractivity contribution in [3.05, 3.63) is 104 Å². The van der Waals surface area contributed by atoms with Crippen molar-refractivity contribution in [2.24, 2.45) is 4.99 Å². The minimum Gasteiger partial charge on any atom is -0.481 e. The molecule has 39 heavy (non-hydrogen) atoms. The van der Waals surface area contributed by atoms with Crippen LogP contribution in [0, 0.1) is 0 Å². The minimum atomic E-state index is -0.966. The number of carboxylic acids is 1. The van der Waals surface area contributed by atoms with E-state index < -0.39 is 5.97 Å². The average molecular weight is 582 g/mol. The number of fused-ring (bicyclic) bond motifs is 1. The SMILES string of the molecule is CC(c1ccc(C(=O)NCCC(=O)O)cc1)n1nc(-c2cc(Cl)cc(Cl)c2)cc1C1=Nc2ccc(Cl)cc2C1. The van der Waals surface area contributed by atoms with Crippen LogP contribution in [0.15, 0.2) is 71.7 Å². The van der Waals surface area contributed by atoms with Crippen LogP contribution in [0.2, 0.25) is 15.1 Å². The zero-order valence-corrected chi connectivity index (χ0v) is 23.1. The Morgan fingerprint density at radius 3 is 2.38 bits per heavy atom. The lowest BCUT2D eigenvalue weighted by atomic mass is 10.0. The molecule has 198 valence electrons. The van der Waals surface area contributed by atoms with E-state index in [9.17, 15) is 9.59 Å². The van der Waals surface area contributed by atoms with Gasteiger partial charge in [0, 0.05) is 39.2 Å². The summed E-state index contributed by atoms with van der Waals surface area (Å²) in [6.45, 7) is 2.08. The van der Waals surface area contributed by atoms with Crippen LogP contribution in [-0.2, 0) is 11.2 Å². The van der Waals surface area contributed by atoms with Gasteiger partial charge in [-0.3, -0.25) is 19.3 Å². The van der Waals surface area contributed by atoms with Gasteiger partial charge in [-0.15, -0.1) is 0 Å². The van der Waals surface area contributed by atoms with Gasteiger partial charge in [0.15, 0.2) is 0 Å². The molecule has 0 saturated heterocycles. The molecule has 2 N–H and O–H groups in total. The number of aromatic nitrogens is 2. The predicted molar refractivity (Wildman–Crippen MR) is 154 cm³/mol. The first-order valence-electron chi connectivity index (χ1n) is 12.2. The van der Waals surface area contributed by atoms with Crippen molar-refractivity contribution >= 4 is 58.1 Å². The average Bonchev–Trinajstić information content (AvgIpc) is 3.52. The summed E-state index contributed by atoms with van der Waals surface area (Å²) in [6.07, 6.45) is 0.475. The van der Waals surface area contributed by atoms with Crippen molar-refractivity contribution < 1.29 is 14.7 Å². The number of carbonyl (C=O) groups is 2. The molecule has 0 aliphatic carbocycles. The van der Waals surface area contributed by atoms with Gasteiger partial charge < -0.3 is 10.4 Å². The normalized spacial score (nSPS) is 13.1. The molecule has 2 heterocycles. The maximum Gasteiger partial charge on any atom is 0.305 e. The summed E-state index contributed by atoms with van der Waals surface area (Å²) < 4.78 is 1.92. The molecule has 0 fully saturated rings. The molecular weight excluding hydrogens is 559 g/mol. The molecule has 4 aromatic rings. The summed E-state index contributed by atoms with van der Waals surface area (Å²) >= 11 is 18.8. The molecule has 1 unspecified atom stereocenters. The summed E-state index contributed by atoms with van der Waals surface area (Å²) in [7, 11) is 0. The van der Waals surface area contributed by atoms with Crippen LogP contribution < -0.4 is 5.32 Å². The van der Waals surface area contributed by atoms with Crippen molar-refractivity contribution in [1.29, 1.82) is 0 Å². The molecule has 0 saturated carbocycles. The van der Waals surface area contributed by atoms with Crippen LogP contribution in [0.1, 0.15) is 46.6 Å². The molecule has 7 nitrogen and oxygen atoms in total. The van der Waals surface area contributed by atoms with Gasteiger partial charge in [0.2, 0.25) is 0 Å². The van der Waals surface area contributed by atoms with Gasteiger partial charge in [-0.25, -0.2) is 0 Å². The molecule has 0 bridgehead atoms. The van der Waals surface area contributed by atoms with E-state index in [1.165, 1.54) is 0 Å². The van der Waals surface area contributed by atoms with Crippen molar-refractivity contribution in [2.45, 2.75) is 25.8 Å². The number of halogens is 3. The highest BCUT2D eigenvalue weighted by molar-refractivity contribution is 6.35. The number of carboxylic acid groups (broad SMARTS) is 1. The van der Waals surface area contributed by atoms with Gasteiger partial charge in [-0.1, -0.05) is 46.9 Å². The van der Waals surface area contributed by atoms with Gasteiger partial charge in [-0.2, -0.15) is 5.10 Å². The fourth-order valence-electron chi connectivity index (χ4n) is 4.51. The predicted octanol–water partition coefficient (Wildman–Crippen LogP) is 7.00. The highest BCUT2D eigenvalue weighted by atomic mass is 35.5. The van der Waals surface area contributed by atoms with Gasteiger partial charge in [0.1, 0.15) is 0 Å². The topological polar surface area (TPSA) is 96.6 Å². The van der Waals surface area contributed by atoms with Crippen molar-refractivity contribution in [2.75, 3.05) is 6.54 Å².